The highest BCUT2D eigenvalue weighted by molar-refractivity contribution is 6.02. The highest BCUT2D eigenvalue weighted by atomic mass is 16.2. The van der Waals surface area contributed by atoms with Gasteiger partial charge in [-0.3, -0.25) is 50.5 Å². The molecule has 0 aromatic heterocycles. The molecule has 42 heavy (non-hydrogen) atoms. The van der Waals surface area contributed by atoms with Gasteiger partial charge in [0.1, 0.15) is 0 Å². The molecule has 6 amide bonds. The van der Waals surface area contributed by atoms with Gasteiger partial charge in [0.15, 0.2) is 0 Å². The number of carbonyl (C=O) groups excluding carboxylic acids is 6. The second-order valence-electron chi connectivity index (χ2n) is 10.1. The Balaban J connectivity index is 1.05. The number of hydrazine groups is 2. The van der Waals surface area contributed by atoms with E-state index in [1.165, 1.54) is 48.5 Å². The summed E-state index contributed by atoms with van der Waals surface area (Å²) in [5.74, 6) is -2.24. The van der Waals surface area contributed by atoms with Gasteiger partial charge < -0.3 is 10.6 Å². The van der Waals surface area contributed by atoms with Gasteiger partial charge in [-0.25, -0.2) is 0 Å². The zero-order valence-corrected chi connectivity index (χ0v) is 22.4. The summed E-state index contributed by atoms with van der Waals surface area (Å²) in [6.07, 6.45) is 3.56. The molecule has 2 saturated carbocycles. The largest absolute Gasteiger partial charge is 0.326 e. The van der Waals surface area contributed by atoms with Crippen LogP contribution in [0.3, 0.4) is 0 Å². The molecule has 214 valence electrons. The van der Waals surface area contributed by atoms with E-state index in [0.29, 0.717) is 11.4 Å². The number of anilines is 2. The molecule has 2 aliphatic carbocycles. The van der Waals surface area contributed by atoms with Crippen LogP contribution in [-0.2, 0) is 9.59 Å². The SMILES string of the molecule is O=C(NNC(=O)c1ccc(C(=O)NNC(=O)c2ccc(NC(=O)C3CC3)cc2)cc1)c1ccc(NC(=O)C2CC2)cc1. The van der Waals surface area contributed by atoms with E-state index in [1.807, 2.05) is 0 Å². The third kappa shape index (κ3) is 7.36. The number of benzene rings is 3. The number of hydrogen-bond acceptors (Lipinski definition) is 6. The minimum absolute atomic E-state index is 0.0363. The number of nitrogens with one attached hydrogen (secondary N) is 6. The van der Waals surface area contributed by atoms with Crippen LogP contribution in [0.1, 0.15) is 67.1 Å². The first-order valence-electron chi connectivity index (χ1n) is 13.4. The topological polar surface area (TPSA) is 175 Å². The summed E-state index contributed by atoms with van der Waals surface area (Å²) in [4.78, 5) is 73.3. The Bertz CT molecular complexity index is 1410. The standard InChI is InChI=1S/C30H28N6O6/c37-25(17-1-2-17)31-23-13-9-21(10-14-23)29(41)35-33-27(39)19-5-7-20(8-6-19)28(40)34-36-30(42)22-11-15-24(16-12-22)32-26(38)18-3-4-18/h5-18H,1-4H2,(H,31,37)(H,32,38)(H,33,39)(H,34,40)(H,35,41)(H,36,42). The van der Waals surface area contributed by atoms with Crippen molar-refractivity contribution < 1.29 is 28.8 Å². The summed E-state index contributed by atoms with van der Waals surface area (Å²) in [5.41, 5.74) is 11.4. The molecule has 6 N–H and O–H groups in total. The fourth-order valence-corrected chi connectivity index (χ4v) is 3.88. The van der Waals surface area contributed by atoms with E-state index in [9.17, 15) is 28.8 Å². The monoisotopic (exact) mass is 568 g/mol. The molecule has 12 nitrogen and oxygen atoms in total. The molecular weight excluding hydrogens is 540 g/mol. The first-order chi connectivity index (χ1) is 20.3. The zero-order chi connectivity index (χ0) is 29.6. The fraction of sp³-hybridized carbons (Fsp3) is 0.200. The first-order valence-corrected chi connectivity index (χ1v) is 13.4. The van der Waals surface area contributed by atoms with Gasteiger partial charge in [-0.05, 0) is 98.5 Å². The van der Waals surface area contributed by atoms with Gasteiger partial charge in [-0.1, -0.05) is 0 Å². The van der Waals surface area contributed by atoms with Crippen molar-refractivity contribution in [1.82, 2.24) is 21.7 Å². The predicted octanol–water partition coefficient (Wildman–Crippen LogP) is 2.53. The molecule has 0 saturated heterocycles. The normalized spacial score (nSPS) is 13.7. The number of rotatable bonds is 8. The molecule has 12 heteroatoms. The second kappa shape index (κ2) is 12.3. The average Bonchev–Trinajstić information content (AvgIpc) is 3.92. The molecule has 0 heterocycles. The Morgan fingerprint density at radius 2 is 0.643 bits per heavy atom. The van der Waals surface area contributed by atoms with Gasteiger partial charge in [-0.15, -0.1) is 0 Å². The van der Waals surface area contributed by atoms with Crippen LogP contribution in [-0.4, -0.2) is 35.4 Å². The highest BCUT2D eigenvalue weighted by Gasteiger charge is 2.30. The summed E-state index contributed by atoms with van der Waals surface area (Å²) in [5, 5.41) is 5.57. The van der Waals surface area contributed by atoms with E-state index in [2.05, 4.69) is 32.3 Å². The lowest BCUT2D eigenvalue weighted by Gasteiger charge is -2.10. The predicted molar refractivity (Wildman–Crippen MR) is 152 cm³/mol. The van der Waals surface area contributed by atoms with Crippen molar-refractivity contribution in [3.8, 4) is 0 Å². The lowest BCUT2D eigenvalue weighted by Crippen LogP contribution is -2.42. The second-order valence-corrected chi connectivity index (χ2v) is 10.1. The van der Waals surface area contributed by atoms with Gasteiger partial charge in [0.25, 0.3) is 23.6 Å². The van der Waals surface area contributed by atoms with E-state index < -0.39 is 23.6 Å². The molecule has 0 spiro atoms. The van der Waals surface area contributed by atoms with Crippen molar-refractivity contribution in [2.24, 2.45) is 11.8 Å². The lowest BCUT2D eigenvalue weighted by atomic mass is 10.1. The summed E-state index contributed by atoms with van der Waals surface area (Å²) >= 11 is 0. The molecule has 0 radical (unpaired) electrons. The van der Waals surface area contributed by atoms with Gasteiger partial charge in [0.2, 0.25) is 11.8 Å². The number of carbonyl (C=O) groups is 6. The third-order valence-corrected chi connectivity index (χ3v) is 6.71. The van der Waals surface area contributed by atoms with Crippen molar-refractivity contribution in [3.63, 3.8) is 0 Å². The van der Waals surface area contributed by atoms with Gasteiger partial charge >= 0.3 is 0 Å². The molecular formula is C30H28N6O6. The maximum atomic E-state index is 12.4. The minimum atomic E-state index is -0.603. The van der Waals surface area contributed by atoms with E-state index in [4.69, 9.17) is 0 Å². The van der Waals surface area contributed by atoms with Crippen LogP contribution in [0.2, 0.25) is 0 Å². The molecule has 0 unspecified atom stereocenters. The summed E-state index contributed by atoms with van der Waals surface area (Å²) in [6, 6.07) is 18.1. The van der Waals surface area contributed by atoms with E-state index in [-0.39, 0.29) is 45.9 Å². The maximum Gasteiger partial charge on any atom is 0.269 e. The van der Waals surface area contributed by atoms with E-state index in [0.717, 1.165) is 25.7 Å². The Morgan fingerprint density at radius 1 is 0.405 bits per heavy atom. The van der Waals surface area contributed by atoms with Crippen LogP contribution in [0.15, 0.2) is 72.8 Å². The molecule has 2 fully saturated rings. The molecule has 2 aliphatic rings. The zero-order valence-electron chi connectivity index (χ0n) is 22.4. The lowest BCUT2D eigenvalue weighted by molar-refractivity contribution is -0.118. The maximum absolute atomic E-state index is 12.4. The third-order valence-electron chi connectivity index (χ3n) is 6.71. The number of hydrogen-bond donors (Lipinski definition) is 6. The summed E-state index contributed by atoms with van der Waals surface area (Å²) < 4.78 is 0. The molecule has 0 bridgehead atoms. The van der Waals surface area contributed by atoms with Crippen molar-refractivity contribution in [3.05, 3.63) is 95.1 Å². The molecule has 0 atom stereocenters. The van der Waals surface area contributed by atoms with Crippen molar-refractivity contribution in [2.45, 2.75) is 25.7 Å². The van der Waals surface area contributed by atoms with Crippen LogP contribution in [0.25, 0.3) is 0 Å². The van der Waals surface area contributed by atoms with Crippen molar-refractivity contribution >= 4 is 46.8 Å². The molecule has 0 aliphatic heterocycles. The van der Waals surface area contributed by atoms with Gasteiger partial charge in [-0.2, -0.15) is 0 Å². The fourth-order valence-electron chi connectivity index (χ4n) is 3.88. The minimum Gasteiger partial charge on any atom is -0.326 e. The van der Waals surface area contributed by atoms with Crippen molar-refractivity contribution in [2.75, 3.05) is 10.6 Å². The van der Waals surface area contributed by atoms with Gasteiger partial charge in [0, 0.05) is 45.5 Å². The average molecular weight is 569 g/mol. The highest BCUT2D eigenvalue weighted by Crippen LogP contribution is 2.30. The Hall–Kier alpha value is -5.52. The van der Waals surface area contributed by atoms with Crippen LogP contribution in [0, 0.1) is 11.8 Å². The van der Waals surface area contributed by atoms with Crippen LogP contribution in [0.5, 0.6) is 0 Å². The van der Waals surface area contributed by atoms with E-state index in [1.54, 1.807) is 24.3 Å². The number of amides is 6. The van der Waals surface area contributed by atoms with Gasteiger partial charge in [0.05, 0.1) is 0 Å². The quantitative estimate of drug-likeness (QED) is 0.228. The molecule has 5 rings (SSSR count). The smallest absolute Gasteiger partial charge is 0.269 e. The van der Waals surface area contributed by atoms with Crippen LogP contribution < -0.4 is 32.3 Å². The van der Waals surface area contributed by atoms with E-state index >= 15 is 0 Å². The molecule has 3 aromatic rings. The Morgan fingerprint density at radius 3 is 0.881 bits per heavy atom. The Labute approximate surface area is 240 Å². The Kier molecular flexibility index (Phi) is 8.23. The summed E-state index contributed by atoms with van der Waals surface area (Å²) in [6.45, 7) is 0. The van der Waals surface area contributed by atoms with Crippen LogP contribution >= 0.6 is 0 Å². The molecule has 3 aromatic carbocycles. The van der Waals surface area contributed by atoms with Crippen molar-refractivity contribution in [1.29, 1.82) is 0 Å². The summed E-state index contributed by atoms with van der Waals surface area (Å²) in [7, 11) is 0. The first kappa shape index (κ1) is 28.0. The van der Waals surface area contributed by atoms with Crippen LogP contribution in [0.4, 0.5) is 11.4 Å².